The summed E-state index contributed by atoms with van der Waals surface area (Å²) in [6.45, 7) is 3.79. The van der Waals surface area contributed by atoms with Crippen molar-refractivity contribution in [2.75, 3.05) is 26.9 Å². The van der Waals surface area contributed by atoms with Gasteiger partial charge < -0.3 is 18.9 Å². The highest BCUT2D eigenvalue weighted by Gasteiger charge is 2.18. The van der Waals surface area contributed by atoms with E-state index in [1.54, 1.807) is 25.3 Å². The van der Waals surface area contributed by atoms with Gasteiger partial charge in [0.2, 0.25) is 0 Å². The van der Waals surface area contributed by atoms with E-state index < -0.39 is 0 Å². The van der Waals surface area contributed by atoms with Crippen LogP contribution in [0.2, 0.25) is 0 Å². The predicted octanol–water partition coefficient (Wildman–Crippen LogP) is 3.60. The zero-order chi connectivity index (χ0) is 16.5. The van der Waals surface area contributed by atoms with Gasteiger partial charge in [0.25, 0.3) is 0 Å². The maximum atomic E-state index is 12.2. The van der Waals surface area contributed by atoms with E-state index in [4.69, 9.17) is 18.9 Å². The number of carbonyl (C=O) groups is 1. The molecule has 128 valence electrons. The van der Waals surface area contributed by atoms with Gasteiger partial charge in [-0.3, -0.25) is 0 Å². The van der Waals surface area contributed by atoms with Crippen molar-refractivity contribution in [2.24, 2.45) is 0 Å². The van der Waals surface area contributed by atoms with Crippen molar-refractivity contribution in [3.05, 3.63) is 23.8 Å². The zero-order valence-corrected chi connectivity index (χ0v) is 14.0. The Labute approximate surface area is 137 Å². The summed E-state index contributed by atoms with van der Waals surface area (Å²) in [5.41, 5.74) is 0.459. The fourth-order valence-corrected chi connectivity index (χ4v) is 2.43. The zero-order valence-electron chi connectivity index (χ0n) is 14.0. The Morgan fingerprint density at radius 1 is 1.30 bits per heavy atom. The van der Waals surface area contributed by atoms with Crippen LogP contribution in [-0.2, 0) is 9.47 Å². The smallest absolute Gasteiger partial charge is 0.338 e. The van der Waals surface area contributed by atoms with Crippen LogP contribution in [0.3, 0.4) is 0 Å². The highest BCUT2D eigenvalue weighted by atomic mass is 16.6. The fourth-order valence-electron chi connectivity index (χ4n) is 2.43. The van der Waals surface area contributed by atoms with E-state index in [0.717, 1.165) is 38.7 Å². The molecule has 1 atom stereocenters. The van der Waals surface area contributed by atoms with Gasteiger partial charge in [-0.15, -0.1) is 0 Å². The summed E-state index contributed by atoms with van der Waals surface area (Å²) < 4.78 is 21.9. The van der Waals surface area contributed by atoms with Crippen LogP contribution in [-0.4, -0.2) is 39.0 Å². The van der Waals surface area contributed by atoms with Crippen molar-refractivity contribution in [1.82, 2.24) is 0 Å². The molecular weight excluding hydrogens is 296 g/mol. The molecule has 0 aliphatic carbocycles. The van der Waals surface area contributed by atoms with Gasteiger partial charge in [0, 0.05) is 6.61 Å². The molecule has 1 aliphatic heterocycles. The van der Waals surface area contributed by atoms with Crippen molar-refractivity contribution in [3.8, 4) is 11.5 Å². The molecule has 5 heteroatoms. The first kappa shape index (κ1) is 17.6. The van der Waals surface area contributed by atoms with Crippen LogP contribution >= 0.6 is 0 Å². The number of ether oxygens (including phenoxy) is 4. The number of rotatable bonds is 8. The van der Waals surface area contributed by atoms with Crippen molar-refractivity contribution in [3.63, 3.8) is 0 Å². The summed E-state index contributed by atoms with van der Waals surface area (Å²) in [5.74, 6) is 0.829. The number of hydrogen-bond acceptors (Lipinski definition) is 5. The van der Waals surface area contributed by atoms with Crippen LogP contribution in [0, 0.1) is 0 Å². The van der Waals surface area contributed by atoms with E-state index in [9.17, 15) is 4.79 Å². The Kier molecular flexibility index (Phi) is 7.20. The number of benzene rings is 1. The molecule has 0 saturated carbocycles. The Morgan fingerprint density at radius 3 is 2.87 bits per heavy atom. The van der Waals surface area contributed by atoms with E-state index >= 15 is 0 Å². The summed E-state index contributed by atoms with van der Waals surface area (Å²) in [6.07, 6.45) is 5.22. The summed E-state index contributed by atoms with van der Waals surface area (Å²) in [4.78, 5) is 12.2. The third kappa shape index (κ3) is 5.43. The van der Waals surface area contributed by atoms with Gasteiger partial charge in [0.15, 0.2) is 11.5 Å². The molecule has 1 saturated heterocycles. The second-order valence-corrected chi connectivity index (χ2v) is 5.65. The first-order valence-electron chi connectivity index (χ1n) is 8.34. The van der Waals surface area contributed by atoms with Gasteiger partial charge in [-0.1, -0.05) is 13.3 Å². The van der Waals surface area contributed by atoms with Crippen LogP contribution in [0.1, 0.15) is 49.4 Å². The second kappa shape index (κ2) is 9.40. The van der Waals surface area contributed by atoms with Gasteiger partial charge in [-0.05, 0) is 43.9 Å². The number of methoxy groups -OCH3 is 1. The van der Waals surface area contributed by atoms with Crippen LogP contribution in [0.4, 0.5) is 0 Å². The summed E-state index contributed by atoms with van der Waals surface area (Å²) in [6, 6.07) is 5.11. The van der Waals surface area contributed by atoms with Crippen molar-refractivity contribution in [2.45, 2.75) is 45.1 Å². The lowest BCUT2D eigenvalue weighted by atomic mass is 10.1. The van der Waals surface area contributed by atoms with Crippen LogP contribution < -0.4 is 9.47 Å². The molecule has 0 spiro atoms. The molecular formula is C18H26O5. The highest BCUT2D eigenvalue weighted by Crippen LogP contribution is 2.28. The van der Waals surface area contributed by atoms with Crippen molar-refractivity contribution < 1.29 is 23.7 Å². The molecule has 0 aromatic heterocycles. The SMILES string of the molecule is CCCCOc1ccc(C(=O)OCC2CCCCO2)cc1OC. The quantitative estimate of drug-likeness (QED) is 0.541. The normalized spacial score (nSPS) is 17.6. The first-order chi connectivity index (χ1) is 11.2. The minimum Gasteiger partial charge on any atom is -0.493 e. The lowest BCUT2D eigenvalue weighted by Gasteiger charge is -2.22. The molecule has 0 bridgehead atoms. The van der Waals surface area contributed by atoms with Crippen molar-refractivity contribution >= 4 is 5.97 Å². The molecule has 0 radical (unpaired) electrons. The molecule has 1 fully saturated rings. The fraction of sp³-hybridized carbons (Fsp3) is 0.611. The molecule has 1 aromatic rings. The van der Waals surface area contributed by atoms with E-state index in [1.807, 2.05) is 0 Å². The van der Waals surface area contributed by atoms with Gasteiger partial charge in [0.05, 0.1) is 25.4 Å². The minimum atomic E-state index is -0.363. The number of unbranched alkanes of at least 4 members (excludes halogenated alkanes) is 1. The molecule has 1 heterocycles. The van der Waals surface area contributed by atoms with E-state index in [1.165, 1.54) is 0 Å². The number of hydrogen-bond donors (Lipinski definition) is 0. The average molecular weight is 322 g/mol. The summed E-state index contributed by atoms with van der Waals surface area (Å²) >= 11 is 0. The number of carbonyl (C=O) groups excluding carboxylic acids is 1. The Hall–Kier alpha value is -1.75. The molecule has 1 unspecified atom stereocenters. The molecule has 0 amide bonds. The molecule has 23 heavy (non-hydrogen) atoms. The van der Waals surface area contributed by atoms with Crippen molar-refractivity contribution in [1.29, 1.82) is 0 Å². The molecule has 0 N–H and O–H groups in total. The lowest BCUT2D eigenvalue weighted by Crippen LogP contribution is -2.25. The standard InChI is InChI=1S/C18H26O5/c1-3-4-10-22-16-9-8-14(12-17(16)20-2)18(19)23-13-15-7-5-6-11-21-15/h8-9,12,15H,3-7,10-11,13H2,1-2H3. The topological polar surface area (TPSA) is 54.0 Å². The summed E-state index contributed by atoms with van der Waals surface area (Å²) in [5, 5.41) is 0. The first-order valence-corrected chi connectivity index (χ1v) is 8.34. The van der Waals surface area contributed by atoms with Gasteiger partial charge >= 0.3 is 5.97 Å². The highest BCUT2D eigenvalue weighted by molar-refractivity contribution is 5.90. The van der Waals surface area contributed by atoms with Crippen LogP contribution in [0.15, 0.2) is 18.2 Å². The average Bonchev–Trinajstić information content (AvgIpc) is 2.61. The Balaban J connectivity index is 1.91. The molecule has 1 aromatic carbocycles. The van der Waals surface area contributed by atoms with E-state index in [0.29, 0.717) is 30.3 Å². The molecule has 2 rings (SSSR count). The summed E-state index contributed by atoms with van der Waals surface area (Å²) in [7, 11) is 1.56. The minimum absolute atomic E-state index is 0.0197. The molecule has 5 nitrogen and oxygen atoms in total. The lowest BCUT2D eigenvalue weighted by molar-refractivity contribution is -0.0300. The third-order valence-electron chi connectivity index (χ3n) is 3.83. The maximum Gasteiger partial charge on any atom is 0.338 e. The van der Waals surface area contributed by atoms with E-state index in [-0.39, 0.29) is 12.1 Å². The second-order valence-electron chi connectivity index (χ2n) is 5.65. The number of esters is 1. The largest absolute Gasteiger partial charge is 0.493 e. The third-order valence-corrected chi connectivity index (χ3v) is 3.83. The van der Waals surface area contributed by atoms with Gasteiger partial charge in [0.1, 0.15) is 6.61 Å². The van der Waals surface area contributed by atoms with Crippen LogP contribution in [0.5, 0.6) is 11.5 Å². The Bertz CT molecular complexity index is 494. The van der Waals surface area contributed by atoms with Crippen LogP contribution in [0.25, 0.3) is 0 Å². The van der Waals surface area contributed by atoms with E-state index in [2.05, 4.69) is 6.92 Å². The maximum absolute atomic E-state index is 12.2. The molecule has 1 aliphatic rings. The van der Waals surface area contributed by atoms with Gasteiger partial charge in [-0.25, -0.2) is 4.79 Å². The Morgan fingerprint density at radius 2 is 2.17 bits per heavy atom. The van der Waals surface area contributed by atoms with Gasteiger partial charge in [-0.2, -0.15) is 0 Å². The predicted molar refractivity (Wildman–Crippen MR) is 87.3 cm³/mol. The monoisotopic (exact) mass is 322 g/mol.